The lowest BCUT2D eigenvalue weighted by Gasteiger charge is -2.40. The predicted molar refractivity (Wildman–Crippen MR) is 72.7 cm³/mol. The Morgan fingerprint density at radius 2 is 2.05 bits per heavy atom. The van der Waals surface area contributed by atoms with Crippen molar-refractivity contribution in [3.8, 4) is 0 Å². The molecule has 2 atom stereocenters. The fourth-order valence-corrected chi connectivity index (χ4v) is 2.51. The first-order valence-corrected chi connectivity index (χ1v) is 6.99. The van der Waals surface area contributed by atoms with E-state index in [1.54, 1.807) is 0 Å². The highest BCUT2D eigenvalue weighted by Crippen LogP contribution is 2.30. The zero-order valence-electron chi connectivity index (χ0n) is 11.7. The zero-order chi connectivity index (χ0) is 14.8. The Hall–Kier alpha value is -1.30. The predicted octanol–water partition coefficient (Wildman–Crippen LogP) is 3.07. The molecule has 0 amide bonds. The maximum absolute atomic E-state index is 12.6. The van der Waals surface area contributed by atoms with E-state index in [0.717, 1.165) is 38.2 Å². The van der Waals surface area contributed by atoms with E-state index in [0.29, 0.717) is 11.9 Å². The average Bonchev–Trinajstić information content (AvgIpc) is 2.45. The van der Waals surface area contributed by atoms with Crippen molar-refractivity contribution in [1.82, 2.24) is 10.3 Å². The molecule has 1 aliphatic heterocycles. The van der Waals surface area contributed by atoms with Crippen molar-refractivity contribution in [2.75, 3.05) is 18.0 Å². The van der Waals surface area contributed by atoms with Gasteiger partial charge in [-0.2, -0.15) is 13.2 Å². The van der Waals surface area contributed by atoms with Crippen molar-refractivity contribution < 1.29 is 13.2 Å². The van der Waals surface area contributed by atoms with Crippen LogP contribution in [0.1, 0.15) is 32.3 Å². The van der Waals surface area contributed by atoms with Crippen molar-refractivity contribution in [3.63, 3.8) is 0 Å². The lowest BCUT2D eigenvalue weighted by molar-refractivity contribution is -0.137. The van der Waals surface area contributed by atoms with Crippen molar-refractivity contribution in [2.45, 2.75) is 44.9 Å². The number of hydrogen-bond acceptors (Lipinski definition) is 3. The van der Waals surface area contributed by atoms with E-state index in [1.807, 2.05) is 0 Å². The first-order valence-electron chi connectivity index (χ1n) is 6.99. The fourth-order valence-electron chi connectivity index (χ4n) is 2.51. The molecule has 1 fully saturated rings. The second-order valence-corrected chi connectivity index (χ2v) is 5.13. The summed E-state index contributed by atoms with van der Waals surface area (Å²) in [6.45, 7) is 5.81. The number of alkyl halides is 3. The van der Waals surface area contributed by atoms with Gasteiger partial charge in [-0.3, -0.25) is 0 Å². The smallest absolute Gasteiger partial charge is 0.351 e. The summed E-state index contributed by atoms with van der Waals surface area (Å²) in [5.41, 5.74) is -0.698. The molecule has 2 unspecified atom stereocenters. The number of rotatable bonds is 3. The highest BCUT2D eigenvalue weighted by Gasteiger charge is 2.32. The Balaban J connectivity index is 2.19. The monoisotopic (exact) mass is 287 g/mol. The summed E-state index contributed by atoms with van der Waals surface area (Å²) in [6, 6.07) is 3.23. The zero-order valence-corrected chi connectivity index (χ0v) is 11.7. The van der Waals surface area contributed by atoms with Crippen molar-refractivity contribution in [1.29, 1.82) is 0 Å². The van der Waals surface area contributed by atoms with E-state index in [4.69, 9.17) is 0 Å². The minimum Gasteiger partial charge on any atom is -0.351 e. The lowest BCUT2D eigenvalue weighted by atomic mass is 10.1. The van der Waals surface area contributed by atoms with Gasteiger partial charge in [-0.15, -0.1) is 0 Å². The van der Waals surface area contributed by atoms with Gasteiger partial charge in [0.25, 0.3) is 0 Å². The molecule has 2 heterocycles. The van der Waals surface area contributed by atoms with Gasteiger partial charge in [0.2, 0.25) is 0 Å². The molecule has 0 spiro atoms. The first kappa shape index (κ1) is 15.1. The molecule has 1 N–H and O–H groups in total. The number of aromatic nitrogens is 1. The van der Waals surface area contributed by atoms with E-state index < -0.39 is 11.7 Å². The number of halogens is 3. The molecule has 112 valence electrons. The third kappa shape index (κ3) is 3.23. The second kappa shape index (κ2) is 5.99. The second-order valence-electron chi connectivity index (χ2n) is 5.13. The minimum atomic E-state index is -4.33. The van der Waals surface area contributed by atoms with Gasteiger partial charge in [-0.05, 0) is 25.0 Å². The van der Waals surface area contributed by atoms with Gasteiger partial charge in [0.1, 0.15) is 5.82 Å². The number of anilines is 1. The molecule has 2 rings (SSSR count). The van der Waals surface area contributed by atoms with Gasteiger partial charge in [0.05, 0.1) is 5.56 Å². The molecular weight excluding hydrogens is 267 g/mol. The standard InChI is InChI=1S/C14H20F3N3/c1-3-11-9-20(12(4-2)8-18-11)13-6-5-10(7-19-13)14(15,16)17/h5-7,11-12,18H,3-4,8-9H2,1-2H3. The molecule has 1 aliphatic rings. The van der Waals surface area contributed by atoms with Gasteiger partial charge >= 0.3 is 6.18 Å². The van der Waals surface area contributed by atoms with Crippen LogP contribution in [0, 0.1) is 0 Å². The van der Waals surface area contributed by atoms with E-state index in [1.165, 1.54) is 6.07 Å². The third-order valence-corrected chi connectivity index (χ3v) is 3.83. The molecule has 0 aromatic carbocycles. The Bertz CT molecular complexity index is 430. The molecular formula is C14H20F3N3. The summed E-state index contributed by atoms with van der Waals surface area (Å²) in [4.78, 5) is 6.13. The summed E-state index contributed by atoms with van der Waals surface area (Å²) >= 11 is 0. The molecule has 1 aromatic heterocycles. The molecule has 0 saturated carbocycles. The molecule has 3 nitrogen and oxygen atoms in total. The van der Waals surface area contributed by atoms with Crippen molar-refractivity contribution in [3.05, 3.63) is 23.9 Å². The topological polar surface area (TPSA) is 28.2 Å². The van der Waals surface area contributed by atoms with Gasteiger partial charge in [-0.1, -0.05) is 13.8 Å². The van der Waals surface area contributed by atoms with E-state index >= 15 is 0 Å². The SMILES string of the molecule is CCC1CN(c2ccc(C(F)(F)F)cn2)C(CC)CN1. The molecule has 1 aromatic rings. The van der Waals surface area contributed by atoms with E-state index in [-0.39, 0.29) is 6.04 Å². The summed E-state index contributed by atoms with van der Waals surface area (Å²) in [6.07, 6.45) is -1.48. The number of hydrogen-bond donors (Lipinski definition) is 1. The number of nitrogens with zero attached hydrogens (tertiary/aromatic N) is 2. The molecule has 20 heavy (non-hydrogen) atoms. The normalized spacial score (nSPS) is 23.9. The third-order valence-electron chi connectivity index (χ3n) is 3.83. The van der Waals surface area contributed by atoms with E-state index in [9.17, 15) is 13.2 Å². The lowest BCUT2D eigenvalue weighted by Crippen LogP contribution is -2.56. The van der Waals surface area contributed by atoms with Gasteiger partial charge in [0.15, 0.2) is 0 Å². The Morgan fingerprint density at radius 3 is 2.55 bits per heavy atom. The quantitative estimate of drug-likeness (QED) is 0.926. The highest BCUT2D eigenvalue weighted by molar-refractivity contribution is 5.42. The van der Waals surface area contributed by atoms with Crippen molar-refractivity contribution >= 4 is 5.82 Å². The van der Waals surface area contributed by atoms with Crippen LogP contribution >= 0.6 is 0 Å². The van der Waals surface area contributed by atoms with Gasteiger partial charge in [-0.25, -0.2) is 4.98 Å². The summed E-state index contributed by atoms with van der Waals surface area (Å²) in [7, 11) is 0. The maximum Gasteiger partial charge on any atom is 0.417 e. The van der Waals surface area contributed by atoms with Crippen LogP contribution in [-0.2, 0) is 6.18 Å². The van der Waals surface area contributed by atoms with E-state index in [2.05, 4.69) is 29.0 Å². The summed E-state index contributed by atoms with van der Waals surface area (Å²) in [5, 5.41) is 3.46. The number of nitrogens with one attached hydrogen (secondary N) is 1. The highest BCUT2D eigenvalue weighted by atomic mass is 19.4. The molecule has 6 heteroatoms. The number of pyridine rings is 1. The van der Waals surface area contributed by atoms with Crippen LogP contribution in [0.5, 0.6) is 0 Å². The fraction of sp³-hybridized carbons (Fsp3) is 0.643. The maximum atomic E-state index is 12.6. The molecule has 0 radical (unpaired) electrons. The largest absolute Gasteiger partial charge is 0.417 e. The molecule has 1 saturated heterocycles. The van der Waals surface area contributed by atoms with Gasteiger partial charge < -0.3 is 10.2 Å². The molecule has 0 bridgehead atoms. The van der Waals surface area contributed by atoms with Crippen LogP contribution in [0.25, 0.3) is 0 Å². The van der Waals surface area contributed by atoms with Crippen LogP contribution in [0.2, 0.25) is 0 Å². The first-order chi connectivity index (χ1) is 9.45. The van der Waals surface area contributed by atoms with Crippen LogP contribution in [0.4, 0.5) is 19.0 Å². The Morgan fingerprint density at radius 1 is 1.30 bits per heavy atom. The Kier molecular flexibility index (Phi) is 4.52. The number of piperazine rings is 1. The van der Waals surface area contributed by atoms with Crippen LogP contribution in [0.3, 0.4) is 0 Å². The average molecular weight is 287 g/mol. The van der Waals surface area contributed by atoms with Crippen LogP contribution in [-0.4, -0.2) is 30.2 Å². The van der Waals surface area contributed by atoms with Crippen molar-refractivity contribution in [2.24, 2.45) is 0 Å². The summed E-state index contributed by atoms with van der Waals surface area (Å²) < 4.78 is 37.7. The summed E-state index contributed by atoms with van der Waals surface area (Å²) in [5.74, 6) is 0.629. The van der Waals surface area contributed by atoms with Gasteiger partial charge in [0, 0.05) is 31.4 Å². The molecule has 0 aliphatic carbocycles. The Labute approximate surface area is 117 Å². The van der Waals surface area contributed by atoms with Crippen LogP contribution in [0.15, 0.2) is 18.3 Å². The van der Waals surface area contributed by atoms with Crippen LogP contribution < -0.4 is 10.2 Å². The minimum absolute atomic E-state index is 0.280.